The average Bonchev–Trinajstić information content (AvgIpc) is 3.17. The topological polar surface area (TPSA) is 65.1 Å². The Balaban J connectivity index is 1.34. The highest BCUT2D eigenvalue weighted by Crippen LogP contribution is 2.35. The molecule has 0 amide bonds. The van der Waals surface area contributed by atoms with Crippen LogP contribution in [0.2, 0.25) is 0 Å². The molecular formula is C16H22FN5OS. The lowest BCUT2D eigenvalue weighted by Gasteiger charge is -2.42. The van der Waals surface area contributed by atoms with E-state index in [9.17, 15) is 8.60 Å². The van der Waals surface area contributed by atoms with Gasteiger partial charge in [0.25, 0.3) is 0 Å². The molecule has 1 saturated heterocycles. The van der Waals surface area contributed by atoms with Crippen LogP contribution < -0.4 is 4.90 Å². The summed E-state index contributed by atoms with van der Waals surface area (Å²) in [4.78, 5) is 14.0. The Hall–Kier alpha value is -1.54. The van der Waals surface area contributed by atoms with E-state index in [1.54, 1.807) is 10.6 Å². The molecule has 1 N–H and O–H groups in total. The summed E-state index contributed by atoms with van der Waals surface area (Å²) in [5.74, 6) is 2.03. The molecule has 0 radical (unpaired) electrons. The summed E-state index contributed by atoms with van der Waals surface area (Å²) in [6, 6.07) is 2.40. The van der Waals surface area contributed by atoms with E-state index < -0.39 is 17.2 Å². The average molecular weight is 351 g/mol. The number of fused-ring (bicyclic) bond motifs is 1. The van der Waals surface area contributed by atoms with Crippen molar-refractivity contribution in [2.45, 2.75) is 31.5 Å². The number of hydrogen-bond acceptors (Lipinski definition) is 4. The summed E-state index contributed by atoms with van der Waals surface area (Å²) in [5, 5.41) is 1.03. The molecule has 0 bridgehead atoms. The Labute approximate surface area is 143 Å². The summed E-state index contributed by atoms with van der Waals surface area (Å²) in [6.45, 7) is 0.950. The predicted octanol–water partition coefficient (Wildman–Crippen LogP) is 1.88. The molecule has 2 fully saturated rings. The van der Waals surface area contributed by atoms with E-state index in [2.05, 4.69) is 26.9 Å². The second-order valence-corrected chi connectivity index (χ2v) is 8.29. The molecule has 1 saturated carbocycles. The van der Waals surface area contributed by atoms with Crippen molar-refractivity contribution in [3.8, 4) is 0 Å². The highest BCUT2D eigenvalue weighted by atomic mass is 32.2. The Morgan fingerprint density at radius 2 is 2.29 bits per heavy atom. The Morgan fingerprint density at radius 3 is 3.04 bits per heavy atom. The van der Waals surface area contributed by atoms with Gasteiger partial charge in [0.1, 0.15) is 24.0 Å². The van der Waals surface area contributed by atoms with Gasteiger partial charge in [-0.25, -0.2) is 22.9 Å². The first-order valence-electron chi connectivity index (χ1n) is 8.40. The molecule has 2 unspecified atom stereocenters. The Morgan fingerprint density at radius 1 is 1.46 bits per heavy atom. The van der Waals surface area contributed by atoms with E-state index in [1.807, 2.05) is 12.3 Å². The van der Waals surface area contributed by atoms with Gasteiger partial charge < -0.3 is 9.88 Å². The van der Waals surface area contributed by atoms with Crippen LogP contribution in [0.1, 0.15) is 19.3 Å². The van der Waals surface area contributed by atoms with Crippen molar-refractivity contribution >= 4 is 27.8 Å². The van der Waals surface area contributed by atoms with Crippen LogP contribution in [0.5, 0.6) is 0 Å². The van der Waals surface area contributed by atoms with E-state index in [0.717, 1.165) is 29.7 Å². The fourth-order valence-electron chi connectivity index (χ4n) is 3.65. The SMILES string of the molecule is CN(c1ncnc2[nH]ccc12)C1CC(CS(=O)N2CCC(F)C2)C1. The van der Waals surface area contributed by atoms with E-state index in [0.29, 0.717) is 37.2 Å². The summed E-state index contributed by atoms with van der Waals surface area (Å²) >= 11 is 0. The van der Waals surface area contributed by atoms with Gasteiger partial charge in [0, 0.05) is 38.1 Å². The highest BCUT2D eigenvalue weighted by molar-refractivity contribution is 7.82. The van der Waals surface area contributed by atoms with Crippen LogP contribution >= 0.6 is 0 Å². The van der Waals surface area contributed by atoms with Gasteiger partial charge in [0.05, 0.1) is 16.4 Å². The number of rotatable bonds is 5. The lowest BCUT2D eigenvalue weighted by atomic mass is 9.81. The molecule has 0 spiro atoms. The second-order valence-electron chi connectivity index (χ2n) is 6.80. The number of anilines is 1. The molecule has 1 aliphatic carbocycles. The summed E-state index contributed by atoms with van der Waals surface area (Å²) in [7, 11) is 1.02. The van der Waals surface area contributed by atoms with Crippen LogP contribution in [0.25, 0.3) is 11.0 Å². The number of hydrogen-bond donors (Lipinski definition) is 1. The van der Waals surface area contributed by atoms with Crippen molar-refractivity contribution in [3.05, 3.63) is 18.6 Å². The van der Waals surface area contributed by atoms with Crippen LogP contribution in [0.15, 0.2) is 18.6 Å². The Kier molecular flexibility index (Phi) is 4.26. The molecule has 1 aliphatic heterocycles. The fourth-order valence-corrected chi connectivity index (χ4v) is 5.17. The first-order chi connectivity index (χ1) is 11.6. The minimum Gasteiger partial charge on any atom is -0.356 e. The molecule has 130 valence electrons. The number of H-pyrrole nitrogens is 1. The normalized spacial score (nSPS) is 28.8. The van der Waals surface area contributed by atoms with Gasteiger partial charge in [-0.15, -0.1) is 0 Å². The number of aromatic amines is 1. The fraction of sp³-hybridized carbons (Fsp3) is 0.625. The first kappa shape index (κ1) is 16.0. The minimum atomic E-state index is -1.04. The van der Waals surface area contributed by atoms with Gasteiger partial charge in [-0.3, -0.25) is 0 Å². The van der Waals surface area contributed by atoms with E-state index in [4.69, 9.17) is 0 Å². The largest absolute Gasteiger partial charge is 0.356 e. The maximum absolute atomic E-state index is 13.2. The summed E-state index contributed by atoms with van der Waals surface area (Å²) in [5.41, 5.74) is 0.846. The molecular weight excluding hydrogens is 329 g/mol. The zero-order valence-corrected chi connectivity index (χ0v) is 14.5. The third-order valence-electron chi connectivity index (χ3n) is 5.19. The van der Waals surface area contributed by atoms with Gasteiger partial charge in [-0.1, -0.05) is 0 Å². The monoisotopic (exact) mass is 351 g/mol. The third-order valence-corrected chi connectivity index (χ3v) is 6.85. The molecule has 24 heavy (non-hydrogen) atoms. The smallest absolute Gasteiger partial charge is 0.142 e. The molecule has 2 aromatic rings. The summed E-state index contributed by atoms with van der Waals surface area (Å²) < 4.78 is 27.3. The van der Waals surface area contributed by atoms with Gasteiger partial charge >= 0.3 is 0 Å². The molecule has 2 aliphatic rings. The minimum absolute atomic E-state index is 0.328. The molecule has 0 aromatic carbocycles. The van der Waals surface area contributed by atoms with Crippen molar-refractivity contribution in [2.24, 2.45) is 5.92 Å². The summed E-state index contributed by atoms with van der Waals surface area (Å²) in [6.07, 6.45) is 5.17. The molecule has 2 aromatic heterocycles. The van der Waals surface area contributed by atoms with Crippen molar-refractivity contribution in [1.29, 1.82) is 0 Å². The molecule has 3 heterocycles. The lowest BCUT2D eigenvalue weighted by Crippen LogP contribution is -2.45. The van der Waals surface area contributed by atoms with Crippen molar-refractivity contribution in [1.82, 2.24) is 19.3 Å². The number of aromatic nitrogens is 3. The van der Waals surface area contributed by atoms with Gasteiger partial charge in [0.15, 0.2) is 0 Å². The number of nitrogens with one attached hydrogen (secondary N) is 1. The van der Waals surface area contributed by atoms with Crippen molar-refractivity contribution < 1.29 is 8.60 Å². The molecule has 2 atom stereocenters. The lowest BCUT2D eigenvalue weighted by molar-refractivity contribution is 0.281. The third kappa shape index (κ3) is 2.93. The van der Waals surface area contributed by atoms with Crippen LogP contribution in [-0.2, 0) is 11.0 Å². The van der Waals surface area contributed by atoms with Gasteiger partial charge in [0.2, 0.25) is 0 Å². The number of nitrogens with zero attached hydrogens (tertiary/aromatic N) is 4. The predicted molar refractivity (Wildman–Crippen MR) is 92.9 cm³/mol. The van der Waals surface area contributed by atoms with E-state index >= 15 is 0 Å². The quantitative estimate of drug-likeness (QED) is 0.893. The van der Waals surface area contributed by atoms with Crippen molar-refractivity contribution in [3.63, 3.8) is 0 Å². The van der Waals surface area contributed by atoms with Crippen LogP contribution in [0, 0.1) is 5.92 Å². The van der Waals surface area contributed by atoms with Crippen molar-refractivity contribution in [2.75, 3.05) is 30.8 Å². The number of alkyl halides is 1. The van der Waals surface area contributed by atoms with Gasteiger partial charge in [-0.2, -0.15) is 0 Å². The second kappa shape index (κ2) is 6.40. The van der Waals surface area contributed by atoms with Gasteiger partial charge in [-0.05, 0) is 31.2 Å². The first-order valence-corrected chi connectivity index (χ1v) is 9.68. The molecule has 4 rings (SSSR count). The zero-order valence-electron chi connectivity index (χ0n) is 13.7. The maximum Gasteiger partial charge on any atom is 0.142 e. The number of halogens is 1. The maximum atomic E-state index is 13.2. The highest BCUT2D eigenvalue weighted by Gasteiger charge is 2.36. The van der Waals surface area contributed by atoms with Crippen LogP contribution in [0.4, 0.5) is 10.2 Å². The van der Waals surface area contributed by atoms with Crippen LogP contribution in [-0.4, -0.2) is 61.6 Å². The zero-order chi connectivity index (χ0) is 16.7. The standard InChI is InChI=1S/C16H22FN5OS/c1-21(16-14-2-4-18-15(14)19-10-20-16)13-6-11(7-13)9-24(23)22-5-3-12(17)8-22/h2,4,10-13H,3,5-9H2,1H3,(H,18,19,20). The Bertz CT molecular complexity index is 747. The van der Waals surface area contributed by atoms with E-state index in [1.165, 1.54) is 0 Å². The van der Waals surface area contributed by atoms with Crippen LogP contribution in [0.3, 0.4) is 0 Å². The van der Waals surface area contributed by atoms with E-state index in [-0.39, 0.29) is 0 Å². The molecule has 8 heteroatoms. The molecule has 6 nitrogen and oxygen atoms in total.